The van der Waals surface area contributed by atoms with Crippen LogP contribution in [0.15, 0.2) is 28.8 Å². The van der Waals surface area contributed by atoms with Crippen LogP contribution in [0, 0.1) is 18.6 Å². The van der Waals surface area contributed by atoms with Crippen molar-refractivity contribution in [1.82, 2.24) is 15.0 Å². The third-order valence-electron chi connectivity index (χ3n) is 5.44. The second kappa shape index (κ2) is 8.04. The van der Waals surface area contributed by atoms with Crippen LogP contribution < -0.4 is 0 Å². The van der Waals surface area contributed by atoms with E-state index in [1.807, 2.05) is 0 Å². The van der Waals surface area contributed by atoms with Gasteiger partial charge in [0.2, 0.25) is 5.91 Å². The zero-order valence-electron chi connectivity index (χ0n) is 16.2. The van der Waals surface area contributed by atoms with E-state index in [9.17, 15) is 22.4 Å². The first kappa shape index (κ1) is 20.3. The Hall–Kier alpha value is -2.97. The Morgan fingerprint density at radius 1 is 1.30 bits per heavy atom. The maximum absolute atomic E-state index is 13.9. The van der Waals surface area contributed by atoms with E-state index in [1.54, 1.807) is 6.92 Å². The van der Waals surface area contributed by atoms with E-state index < -0.39 is 18.1 Å². The summed E-state index contributed by atoms with van der Waals surface area (Å²) >= 11 is 0. The molecule has 2 aromatic heterocycles. The number of nitrogens with zero attached hydrogens (tertiary/aromatic N) is 3. The molecule has 5 nitrogen and oxygen atoms in total. The highest BCUT2D eigenvalue weighted by molar-refractivity contribution is 5.81. The minimum atomic E-state index is -2.72. The van der Waals surface area contributed by atoms with Crippen LogP contribution in [0.2, 0.25) is 0 Å². The molecular weight excluding hydrogens is 402 g/mol. The van der Waals surface area contributed by atoms with Crippen molar-refractivity contribution < 1.29 is 26.9 Å². The molecule has 1 aliphatic heterocycles. The first-order chi connectivity index (χ1) is 14.3. The highest BCUT2D eigenvalue weighted by Gasteiger charge is 2.29. The van der Waals surface area contributed by atoms with Gasteiger partial charge in [-0.25, -0.2) is 22.5 Å². The maximum Gasteiger partial charge on any atom is 0.264 e. The number of likely N-dealkylation sites (tertiary alicyclic amines) is 1. The Kier molecular flexibility index (Phi) is 5.44. The summed E-state index contributed by atoms with van der Waals surface area (Å²) in [6.45, 7) is 2.29. The van der Waals surface area contributed by atoms with Gasteiger partial charge < -0.3 is 9.42 Å². The topological polar surface area (TPSA) is 59.2 Å². The SMILES string of the molecule is Cc1noc2nc([C@@H]3CCCN(C(=O)Cc4cc(F)ccc4F)C3)cc(C(F)F)c12. The lowest BCUT2D eigenvalue weighted by Gasteiger charge is -2.32. The fraction of sp³-hybridized carbons (Fsp3) is 0.381. The quantitative estimate of drug-likeness (QED) is 0.574. The number of halogens is 4. The lowest BCUT2D eigenvalue weighted by molar-refractivity contribution is -0.131. The molecule has 1 atom stereocenters. The predicted octanol–water partition coefficient (Wildman–Crippen LogP) is 4.70. The minimum absolute atomic E-state index is 0.0150. The van der Waals surface area contributed by atoms with Gasteiger partial charge in [0.05, 0.1) is 17.5 Å². The van der Waals surface area contributed by atoms with Gasteiger partial charge in [0.15, 0.2) is 0 Å². The fourth-order valence-electron chi connectivity index (χ4n) is 3.93. The number of hydrogen-bond donors (Lipinski definition) is 0. The van der Waals surface area contributed by atoms with Crippen LogP contribution in [-0.2, 0) is 11.2 Å². The Morgan fingerprint density at radius 3 is 2.87 bits per heavy atom. The molecule has 0 spiro atoms. The van der Waals surface area contributed by atoms with Crippen LogP contribution in [0.5, 0.6) is 0 Å². The summed E-state index contributed by atoms with van der Waals surface area (Å²) in [6.07, 6.45) is -1.69. The zero-order valence-corrected chi connectivity index (χ0v) is 16.2. The number of carbonyl (C=O) groups is 1. The number of rotatable bonds is 4. The van der Waals surface area contributed by atoms with E-state index in [0.717, 1.165) is 18.2 Å². The second-order valence-electron chi connectivity index (χ2n) is 7.48. The molecule has 9 heteroatoms. The number of pyridine rings is 1. The number of hydrogen-bond acceptors (Lipinski definition) is 4. The van der Waals surface area contributed by atoms with Crippen LogP contribution >= 0.6 is 0 Å². The third-order valence-corrected chi connectivity index (χ3v) is 5.44. The summed E-state index contributed by atoms with van der Waals surface area (Å²) in [5.41, 5.74) is 0.587. The summed E-state index contributed by atoms with van der Waals surface area (Å²) in [7, 11) is 0. The summed E-state index contributed by atoms with van der Waals surface area (Å²) in [6, 6.07) is 4.34. The van der Waals surface area contributed by atoms with Gasteiger partial charge in [-0.1, -0.05) is 5.16 Å². The Bertz CT molecular complexity index is 1100. The number of aryl methyl sites for hydroxylation is 1. The summed E-state index contributed by atoms with van der Waals surface area (Å²) in [5.74, 6) is -1.88. The van der Waals surface area contributed by atoms with Gasteiger partial charge in [-0.05, 0) is 44.0 Å². The number of benzene rings is 1. The van der Waals surface area contributed by atoms with Crippen molar-refractivity contribution in [3.63, 3.8) is 0 Å². The molecule has 1 saturated heterocycles. The maximum atomic E-state index is 13.9. The van der Waals surface area contributed by atoms with Crippen molar-refractivity contribution in [2.45, 2.75) is 38.5 Å². The smallest absolute Gasteiger partial charge is 0.264 e. The third kappa shape index (κ3) is 3.88. The second-order valence-corrected chi connectivity index (χ2v) is 7.48. The molecule has 0 bridgehead atoms. The standard InChI is InChI=1S/C21H19F4N3O2/c1-11-19-15(20(24)25)9-17(26-21(19)30-27-11)12-3-2-6-28(10-12)18(29)8-13-7-14(22)4-5-16(13)23/h4-5,7,9,12,20H,2-3,6,8,10H2,1H3/t12-/m1/s1. The predicted molar refractivity (Wildman–Crippen MR) is 100 cm³/mol. The minimum Gasteiger partial charge on any atom is -0.342 e. The first-order valence-corrected chi connectivity index (χ1v) is 9.60. The average molecular weight is 421 g/mol. The van der Waals surface area contributed by atoms with Gasteiger partial charge in [0.25, 0.3) is 12.1 Å². The molecule has 30 heavy (non-hydrogen) atoms. The molecule has 0 saturated carbocycles. The van der Waals surface area contributed by atoms with Gasteiger partial charge >= 0.3 is 0 Å². The molecule has 0 unspecified atom stereocenters. The van der Waals surface area contributed by atoms with E-state index in [4.69, 9.17) is 4.52 Å². The molecule has 4 rings (SSSR count). The average Bonchev–Trinajstić information content (AvgIpc) is 3.11. The van der Waals surface area contributed by atoms with Crippen LogP contribution in [0.4, 0.5) is 17.6 Å². The van der Waals surface area contributed by atoms with Crippen molar-refractivity contribution in [3.8, 4) is 0 Å². The Balaban J connectivity index is 1.57. The molecule has 0 aliphatic carbocycles. The molecule has 1 amide bonds. The molecule has 1 aliphatic rings. The Morgan fingerprint density at radius 2 is 2.10 bits per heavy atom. The highest BCUT2D eigenvalue weighted by Crippen LogP contribution is 2.34. The normalized spacial score (nSPS) is 17.1. The van der Waals surface area contributed by atoms with Crippen LogP contribution in [-0.4, -0.2) is 34.0 Å². The van der Waals surface area contributed by atoms with Crippen molar-refractivity contribution in [1.29, 1.82) is 0 Å². The van der Waals surface area contributed by atoms with Gasteiger partial charge in [-0.2, -0.15) is 0 Å². The van der Waals surface area contributed by atoms with Crippen LogP contribution in [0.25, 0.3) is 11.1 Å². The van der Waals surface area contributed by atoms with Crippen LogP contribution in [0.1, 0.15) is 47.7 Å². The number of piperidine rings is 1. The summed E-state index contributed by atoms with van der Waals surface area (Å²) < 4.78 is 59.5. The molecule has 3 aromatic rings. The van der Waals surface area contributed by atoms with Gasteiger partial charge in [0, 0.05) is 35.8 Å². The van der Waals surface area contributed by atoms with Gasteiger partial charge in [0.1, 0.15) is 11.6 Å². The largest absolute Gasteiger partial charge is 0.342 e. The molecular formula is C21H19F4N3O2. The molecule has 0 radical (unpaired) electrons. The summed E-state index contributed by atoms with van der Waals surface area (Å²) in [4.78, 5) is 18.6. The first-order valence-electron chi connectivity index (χ1n) is 9.60. The van der Waals surface area contributed by atoms with Gasteiger partial charge in [-0.3, -0.25) is 4.79 Å². The van der Waals surface area contributed by atoms with E-state index in [0.29, 0.717) is 30.8 Å². The molecule has 0 N–H and O–H groups in total. The van der Waals surface area contributed by atoms with Crippen LogP contribution in [0.3, 0.4) is 0 Å². The summed E-state index contributed by atoms with van der Waals surface area (Å²) in [5, 5.41) is 3.94. The molecule has 1 fully saturated rings. The molecule has 158 valence electrons. The number of fused-ring (bicyclic) bond motifs is 1. The van der Waals surface area contributed by atoms with Crippen molar-refractivity contribution in [2.24, 2.45) is 0 Å². The molecule has 1 aromatic carbocycles. The number of alkyl halides is 2. The number of aromatic nitrogens is 2. The lowest BCUT2D eigenvalue weighted by Crippen LogP contribution is -2.40. The van der Waals surface area contributed by atoms with E-state index in [2.05, 4.69) is 10.1 Å². The highest BCUT2D eigenvalue weighted by atomic mass is 19.3. The monoisotopic (exact) mass is 421 g/mol. The zero-order chi connectivity index (χ0) is 21.4. The number of amides is 1. The van der Waals surface area contributed by atoms with Crippen molar-refractivity contribution >= 4 is 17.0 Å². The van der Waals surface area contributed by atoms with E-state index >= 15 is 0 Å². The number of carbonyl (C=O) groups excluding carboxylic acids is 1. The van der Waals surface area contributed by atoms with Crippen molar-refractivity contribution in [2.75, 3.05) is 13.1 Å². The van der Waals surface area contributed by atoms with Crippen molar-refractivity contribution in [3.05, 3.63) is 58.4 Å². The van der Waals surface area contributed by atoms with Gasteiger partial charge in [-0.15, -0.1) is 0 Å². The fourth-order valence-corrected chi connectivity index (χ4v) is 3.93. The Labute approximate surface area is 169 Å². The van der Waals surface area contributed by atoms with E-state index in [-0.39, 0.29) is 47.0 Å². The molecule has 3 heterocycles. The van der Waals surface area contributed by atoms with E-state index in [1.165, 1.54) is 11.0 Å². The lowest BCUT2D eigenvalue weighted by atomic mass is 9.92.